The van der Waals surface area contributed by atoms with E-state index in [2.05, 4.69) is 52.4 Å². The van der Waals surface area contributed by atoms with Gasteiger partial charge in [-0.3, -0.25) is 10.1 Å². The summed E-state index contributed by atoms with van der Waals surface area (Å²) in [5, 5.41) is 5.92. The van der Waals surface area contributed by atoms with Crippen LogP contribution in [0.25, 0.3) is 0 Å². The number of hydrogen-bond donors (Lipinski definition) is 2. The van der Waals surface area contributed by atoms with Crippen molar-refractivity contribution in [1.82, 2.24) is 29.8 Å². The lowest BCUT2D eigenvalue weighted by Crippen LogP contribution is -2.45. The van der Waals surface area contributed by atoms with Crippen molar-refractivity contribution >= 4 is 29.4 Å². The zero-order chi connectivity index (χ0) is 22.5. The zero-order valence-electron chi connectivity index (χ0n) is 18.5. The first-order valence-corrected chi connectivity index (χ1v) is 10.7. The van der Waals surface area contributed by atoms with Gasteiger partial charge in [0.1, 0.15) is 5.82 Å². The summed E-state index contributed by atoms with van der Waals surface area (Å²) in [6.45, 7) is 7.43. The molecule has 32 heavy (non-hydrogen) atoms. The number of nitrogens with zero attached hydrogens (tertiary/aromatic N) is 7. The maximum atomic E-state index is 12.6. The fourth-order valence-corrected chi connectivity index (χ4v) is 3.34. The Labute approximate surface area is 187 Å². The van der Waals surface area contributed by atoms with Gasteiger partial charge in [-0.25, -0.2) is 9.97 Å². The first-order valence-electron chi connectivity index (χ1n) is 10.7. The molecule has 1 aliphatic heterocycles. The number of carbonyl (C=O) groups is 1. The average molecular weight is 434 g/mol. The van der Waals surface area contributed by atoms with E-state index >= 15 is 0 Å². The topological polar surface area (TPSA) is 112 Å². The van der Waals surface area contributed by atoms with Gasteiger partial charge in [-0.15, -0.1) is 0 Å². The predicted octanol–water partition coefficient (Wildman–Crippen LogP) is 2.28. The SMILES string of the molecule is CCc1nc(Nc2ncc(C(=O)Nc3ccccc3)c(C)n2)nc(N2CCN(C)CC2)n1. The van der Waals surface area contributed by atoms with Crippen molar-refractivity contribution in [3.8, 4) is 0 Å². The third kappa shape index (κ3) is 5.14. The van der Waals surface area contributed by atoms with Gasteiger partial charge >= 0.3 is 0 Å². The first kappa shape index (κ1) is 21.6. The van der Waals surface area contributed by atoms with Crippen LogP contribution >= 0.6 is 0 Å². The summed E-state index contributed by atoms with van der Waals surface area (Å²) >= 11 is 0. The number of hydrogen-bond acceptors (Lipinski definition) is 9. The summed E-state index contributed by atoms with van der Waals surface area (Å²) in [5.41, 5.74) is 1.68. The van der Waals surface area contributed by atoms with Gasteiger partial charge in [-0.05, 0) is 26.1 Å². The van der Waals surface area contributed by atoms with Crippen molar-refractivity contribution in [1.29, 1.82) is 0 Å². The molecule has 1 aliphatic rings. The summed E-state index contributed by atoms with van der Waals surface area (Å²) in [4.78, 5) is 39.4. The van der Waals surface area contributed by atoms with Crippen LogP contribution in [0.3, 0.4) is 0 Å². The quantitative estimate of drug-likeness (QED) is 0.604. The normalized spacial score (nSPS) is 14.3. The summed E-state index contributed by atoms with van der Waals surface area (Å²) in [7, 11) is 2.11. The maximum absolute atomic E-state index is 12.6. The third-order valence-electron chi connectivity index (χ3n) is 5.25. The molecular formula is C22H27N9O. The predicted molar refractivity (Wildman–Crippen MR) is 123 cm³/mol. The largest absolute Gasteiger partial charge is 0.338 e. The Morgan fingerprint density at radius 2 is 1.75 bits per heavy atom. The van der Waals surface area contributed by atoms with E-state index in [9.17, 15) is 4.79 Å². The molecule has 2 aromatic heterocycles. The Hall–Kier alpha value is -3.66. The number of aryl methyl sites for hydroxylation is 2. The number of likely N-dealkylation sites (N-methyl/N-ethyl adjacent to an activating group) is 1. The molecule has 0 radical (unpaired) electrons. The molecule has 0 aliphatic carbocycles. The molecule has 0 unspecified atom stereocenters. The van der Waals surface area contributed by atoms with Crippen LogP contribution in [0, 0.1) is 6.92 Å². The van der Waals surface area contributed by atoms with Gasteiger partial charge in [-0.1, -0.05) is 25.1 Å². The van der Waals surface area contributed by atoms with Crippen LogP contribution in [0.1, 0.15) is 28.8 Å². The number of amides is 1. The number of benzene rings is 1. The van der Waals surface area contributed by atoms with E-state index in [0.717, 1.165) is 26.2 Å². The molecule has 0 spiro atoms. The molecule has 1 amide bonds. The van der Waals surface area contributed by atoms with Gasteiger partial charge in [-0.2, -0.15) is 15.0 Å². The molecular weight excluding hydrogens is 406 g/mol. The molecule has 0 saturated carbocycles. The van der Waals surface area contributed by atoms with Gasteiger partial charge in [0.05, 0.1) is 11.3 Å². The van der Waals surface area contributed by atoms with E-state index < -0.39 is 0 Å². The molecule has 10 nitrogen and oxygen atoms in total. The fraction of sp³-hybridized carbons (Fsp3) is 0.364. The van der Waals surface area contributed by atoms with E-state index in [4.69, 9.17) is 0 Å². The minimum absolute atomic E-state index is 0.258. The lowest BCUT2D eigenvalue weighted by atomic mass is 10.2. The molecule has 4 rings (SSSR count). The second kappa shape index (κ2) is 9.65. The van der Waals surface area contributed by atoms with Crippen molar-refractivity contribution in [2.24, 2.45) is 0 Å². The van der Waals surface area contributed by atoms with E-state index in [0.29, 0.717) is 47.0 Å². The Morgan fingerprint density at radius 3 is 2.44 bits per heavy atom. The highest BCUT2D eigenvalue weighted by atomic mass is 16.1. The van der Waals surface area contributed by atoms with Gasteiger partial charge in [0.2, 0.25) is 17.8 Å². The number of rotatable bonds is 6. The number of carbonyl (C=O) groups excluding carboxylic acids is 1. The lowest BCUT2D eigenvalue weighted by Gasteiger charge is -2.32. The molecule has 3 aromatic rings. The zero-order valence-corrected chi connectivity index (χ0v) is 18.5. The number of piperazine rings is 1. The van der Waals surface area contributed by atoms with Crippen LogP contribution in [0.5, 0.6) is 0 Å². The standard InChI is InChI=1S/C22H27N9O/c1-4-18-26-21(29-22(27-18)31-12-10-30(3)11-13-31)28-20-23-14-17(15(2)24-20)19(32)25-16-8-6-5-7-9-16/h5-9,14H,4,10-13H2,1-3H3,(H,25,32)(H,23,24,26,27,28,29). The van der Waals surface area contributed by atoms with Crippen molar-refractivity contribution in [3.63, 3.8) is 0 Å². The number of aromatic nitrogens is 5. The highest BCUT2D eigenvalue weighted by Gasteiger charge is 2.19. The van der Waals surface area contributed by atoms with Gasteiger partial charge in [0.25, 0.3) is 5.91 Å². The molecule has 10 heteroatoms. The van der Waals surface area contributed by atoms with E-state index in [1.165, 1.54) is 6.20 Å². The first-order chi connectivity index (χ1) is 15.5. The Bertz CT molecular complexity index is 1080. The lowest BCUT2D eigenvalue weighted by molar-refractivity contribution is 0.102. The molecule has 0 bridgehead atoms. The number of para-hydroxylation sites is 1. The summed E-state index contributed by atoms with van der Waals surface area (Å²) in [6.07, 6.45) is 2.20. The molecule has 0 atom stereocenters. The smallest absolute Gasteiger partial charge is 0.259 e. The van der Waals surface area contributed by atoms with Crippen LogP contribution in [0.2, 0.25) is 0 Å². The molecule has 2 N–H and O–H groups in total. The van der Waals surface area contributed by atoms with Crippen LogP contribution < -0.4 is 15.5 Å². The van der Waals surface area contributed by atoms with Crippen molar-refractivity contribution in [2.45, 2.75) is 20.3 Å². The van der Waals surface area contributed by atoms with Crippen molar-refractivity contribution in [2.75, 3.05) is 48.8 Å². The van der Waals surface area contributed by atoms with Gasteiger partial charge in [0, 0.05) is 44.5 Å². The minimum atomic E-state index is -0.258. The molecule has 3 heterocycles. The summed E-state index contributed by atoms with van der Waals surface area (Å²) in [6, 6.07) is 9.27. The Balaban J connectivity index is 1.50. The van der Waals surface area contributed by atoms with Gasteiger partial charge < -0.3 is 15.1 Å². The molecule has 166 valence electrons. The minimum Gasteiger partial charge on any atom is -0.338 e. The second-order valence-corrected chi connectivity index (χ2v) is 7.66. The highest BCUT2D eigenvalue weighted by Crippen LogP contribution is 2.17. The third-order valence-corrected chi connectivity index (χ3v) is 5.25. The van der Waals surface area contributed by atoms with Crippen LogP contribution in [0.4, 0.5) is 23.5 Å². The van der Waals surface area contributed by atoms with Crippen LogP contribution in [0.15, 0.2) is 36.5 Å². The van der Waals surface area contributed by atoms with Crippen molar-refractivity contribution in [3.05, 3.63) is 53.6 Å². The number of nitrogens with one attached hydrogen (secondary N) is 2. The van der Waals surface area contributed by atoms with Crippen LogP contribution in [-0.2, 0) is 6.42 Å². The highest BCUT2D eigenvalue weighted by molar-refractivity contribution is 6.04. The second-order valence-electron chi connectivity index (χ2n) is 7.66. The molecule has 1 saturated heterocycles. The average Bonchev–Trinajstić information content (AvgIpc) is 2.80. The fourth-order valence-electron chi connectivity index (χ4n) is 3.34. The summed E-state index contributed by atoms with van der Waals surface area (Å²) < 4.78 is 0. The summed E-state index contributed by atoms with van der Waals surface area (Å²) in [5.74, 6) is 1.82. The van der Waals surface area contributed by atoms with Crippen molar-refractivity contribution < 1.29 is 4.79 Å². The van der Waals surface area contributed by atoms with E-state index in [1.54, 1.807) is 6.92 Å². The van der Waals surface area contributed by atoms with Crippen LogP contribution in [-0.4, -0.2) is 69.0 Å². The Kier molecular flexibility index (Phi) is 6.50. The van der Waals surface area contributed by atoms with Gasteiger partial charge in [0.15, 0.2) is 0 Å². The monoisotopic (exact) mass is 433 g/mol. The Morgan fingerprint density at radius 1 is 1.00 bits per heavy atom. The van der Waals surface area contributed by atoms with E-state index in [1.807, 2.05) is 37.3 Å². The number of anilines is 4. The molecule has 1 fully saturated rings. The maximum Gasteiger partial charge on any atom is 0.259 e. The van der Waals surface area contributed by atoms with E-state index in [-0.39, 0.29) is 5.91 Å². The molecule has 1 aromatic carbocycles.